The minimum absolute atomic E-state index is 0.000800. The highest BCUT2D eigenvalue weighted by Gasteiger charge is 2.06. The summed E-state index contributed by atoms with van der Waals surface area (Å²) in [7, 11) is 0. The van der Waals surface area contributed by atoms with Crippen molar-refractivity contribution in [3.05, 3.63) is 65.9 Å². The molecule has 6 heteroatoms. The molecule has 6 nitrogen and oxygen atoms in total. The average Bonchev–Trinajstić information content (AvgIpc) is 3.02. The van der Waals surface area contributed by atoms with Crippen LogP contribution in [0.4, 0.5) is 11.6 Å². The fourth-order valence-electron chi connectivity index (χ4n) is 2.37. The molecule has 3 aromatic rings. The van der Waals surface area contributed by atoms with Crippen molar-refractivity contribution in [3.8, 4) is 11.3 Å². The van der Waals surface area contributed by atoms with E-state index in [2.05, 4.69) is 15.3 Å². The Morgan fingerprint density at radius 2 is 1.75 bits per heavy atom. The van der Waals surface area contributed by atoms with Gasteiger partial charge in [-0.2, -0.15) is 0 Å². The third kappa shape index (κ3) is 3.80. The number of carbonyl (C=O) groups excluding carboxylic acids is 1. The number of H-pyrrole nitrogens is 1. The number of nitrogens with one attached hydrogen (secondary N) is 2. The highest BCUT2D eigenvalue weighted by atomic mass is 16.3. The topological polar surface area (TPSA) is 104 Å². The number of carbonyl (C=O) groups is 1. The maximum atomic E-state index is 12.1. The highest BCUT2D eigenvalue weighted by molar-refractivity contribution is 5.92. The number of imidazole rings is 1. The summed E-state index contributed by atoms with van der Waals surface area (Å²) in [6, 6.07) is 14.8. The Balaban J connectivity index is 1.61. The van der Waals surface area contributed by atoms with Crippen molar-refractivity contribution in [2.24, 2.45) is 0 Å². The van der Waals surface area contributed by atoms with Crippen molar-refractivity contribution in [2.45, 2.75) is 13.0 Å². The van der Waals surface area contributed by atoms with Gasteiger partial charge in [0.2, 0.25) is 5.91 Å². The standard InChI is InChI=1S/C18H18N4O2/c19-18-20-10-16(22-18)14-5-7-15(8-6-14)21-17(24)9-12-1-3-13(11-23)4-2-12/h1-8,10,23H,9,11H2,(H,21,24)(H3,19,20,22). The fraction of sp³-hybridized carbons (Fsp3) is 0.111. The average molecular weight is 322 g/mol. The first-order valence-corrected chi connectivity index (χ1v) is 7.53. The SMILES string of the molecule is Nc1ncc(-c2ccc(NC(=O)Cc3ccc(CO)cc3)cc2)[nH]1. The largest absolute Gasteiger partial charge is 0.392 e. The number of nitrogens with zero attached hydrogens (tertiary/aromatic N) is 1. The first-order valence-electron chi connectivity index (χ1n) is 7.53. The Hall–Kier alpha value is -3.12. The normalized spacial score (nSPS) is 10.5. The fourth-order valence-corrected chi connectivity index (χ4v) is 2.37. The summed E-state index contributed by atoms with van der Waals surface area (Å²) in [5.41, 5.74) is 9.79. The second kappa shape index (κ2) is 6.97. The number of benzene rings is 2. The van der Waals surface area contributed by atoms with E-state index in [0.29, 0.717) is 5.95 Å². The molecule has 122 valence electrons. The Kier molecular flexibility index (Phi) is 4.58. The van der Waals surface area contributed by atoms with Gasteiger partial charge < -0.3 is 21.1 Å². The van der Waals surface area contributed by atoms with Gasteiger partial charge in [0.05, 0.1) is 24.9 Å². The molecule has 24 heavy (non-hydrogen) atoms. The van der Waals surface area contributed by atoms with Gasteiger partial charge in [-0.05, 0) is 28.8 Å². The zero-order chi connectivity index (χ0) is 16.9. The Labute approximate surface area is 139 Å². The van der Waals surface area contributed by atoms with Crippen LogP contribution < -0.4 is 11.1 Å². The lowest BCUT2D eigenvalue weighted by atomic mass is 10.1. The van der Waals surface area contributed by atoms with Crippen molar-refractivity contribution < 1.29 is 9.90 Å². The van der Waals surface area contributed by atoms with Gasteiger partial charge in [0.1, 0.15) is 0 Å². The molecule has 0 bridgehead atoms. The van der Waals surface area contributed by atoms with Gasteiger partial charge in [0.25, 0.3) is 0 Å². The van der Waals surface area contributed by atoms with Gasteiger partial charge in [0.15, 0.2) is 5.95 Å². The van der Waals surface area contributed by atoms with Crippen LogP contribution >= 0.6 is 0 Å². The molecule has 0 aliphatic heterocycles. The van der Waals surface area contributed by atoms with Crippen LogP contribution in [-0.2, 0) is 17.8 Å². The number of nitrogen functional groups attached to an aromatic ring is 1. The molecule has 5 N–H and O–H groups in total. The van der Waals surface area contributed by atoms with E-state index in [4.69, 9.17) is 10.8 Å². The van der Waals surface area contributed by atoms with E-state index < -0.39 is 0 Å². The zero-order valence-corrected chi connectivity index (χ0v) is 13.0. The van der Waals surface area contributed by atoms with Crippen molar-refractivity contribution in [1.29, 1.82) is 0 Å². The van der Waals surface area contributed by atoms with Crippen molar-refractivity contribution in [1.82, 2.24) is 9.97 Å². The molecule has 1 amide bonds. The predicted octanol–water partition coefficient (Wildman–Crippen LogP) is 2.33. The number of aromatic nitrogens is 2. The van der Waals surface area contributed by atoms with E-state index in [1.807, 2.05) is 48.5 Å². The Morgan fingerprint density at radius 3 is 2.33 bits per heavy atom. The van der Waals surface area contributed by atoms with Crippen LogP contribution in [0.1, 0.15) is 11.1 Å². The molecule has 0 saturated carbocycles. The molecule has 0 aliphatic carbocycles. The molecule has 0 fully saturated rings. The maximum Gasteiger partial charge on any atom is 0.228 e. The van der Waals surface area contributed by atoms with Crippen LogP contribution in [0.15, 0.2) is 54.7 Å². The van der Waals surface area contributed by atoms with E-state index in [1.54, 1.807) is 6.20 Å². The first-order chi connectivity index (χ1) is 11.6. The van der Waals surface area contributed by atoms with Crippen LogP contribution in [-0.4, -0.2) is 21.0 Å². The van der Waals surface area contributed by atoms with Crippen LogP contribution in [0.2, 0.25) is 0 Å². The molecular formula is C18H18N4O2. The second-order valence-corrected chi connectivity index (χ2v) is 5.46. The van der Waals surface area contributed by atoms with Crippen LogP contribution in [0.5, 0.6) is 0 Å². The van der Waals surface area contributed by atoms with E-state index in [1.165, 1.54) is 0 Å². The predicted molar refractivity (Wildman–Crippen MR) is 93.1 cm³/mol. The summed E-state index contributed by atoms with van der Waals surface area (Å²) >= 11 is 0. The molecule has 2 aromatic carbocycles. The summed E-state index contributed by atoms with van der Waals surface area (Å²) in [6.07, 6.45) is 1.95. The number of rotatable bonds is 5. The number of hydrogen-bond acceptors (Lipinski definition) is 4. The lowest BCUT2D eigenvalue weighted by Gasteiger charge is -2.07. The molecule has 0 unspecified atom stereocenters. The third-order valence-electron chi connectivity index (χ3n) is 3.65. The zero-order valence-electron chi connectivity index (χ0n) is 13.0. The quantitative estimate of drug-likeness (QED) is 0.578. The van der Waals surface area contributed by atoms with Crippen molar-refractivity contribution >= 4 is 17.5 Å². The van der Waals surface area contributed by atoms with Gasteiger partial charge >= 0.3 is 0 Å². The Morgan fingerprint density at radius 1 is 1.08 bits per heavy atom. The molecule has 0 saturated heterocycles. The van der Waals surface area contributed by atoms with E-state index in [9.17, 15) is 4.79 Å². The number of aliphatic hydroxyl groups is 1. The van der Waals surface area contributed by atoms with Gasteiger partial charge in [-0.1, -0.05) is 36.4 Å². The number of aliphatic hydroxyl groups excluding tert-OH is 1. The molecule has 1 aromatic heterocycles. The van der Waals surface area contributed by atoms with Crippen molar-refractivity contribution in [2.75, 3.05) is 11.1 Å². The van der Waals surface area contributed by atoms with E-state index >= 15 is 0 Å². The number of anilines is 2. The third-order valence-corrected chi connectivity index (χ3v) is 3.65. The van der Waals surface area contributed by atoms with Crippen LogP contribution in [0.25, 0.3) is 11.3 Å². The van der Waals surface area contributed by atoms with E-state index in [0.717, 1.165) is 28.1 Å². The summed E-state index contributed by atoms with van der Waals surface area (Å²) in [6.45, 7) is 0.000800. The van der Waals surface area contributed by atoms with Crippen molar-refractivity contribution in [3.63, 3.8) is 0 Å². The van der Waals surface area contributed by atoms with Gasteiger partial charge in [-0.15, -0.1) is 0 Å². The molecule has 1 heterocycles. The number of aromatic amines is 1. The molecule has 0 spiro atoms. The van der Waals surface area contributed by atoms with E-state index in [-0.39, 0.29) is 18.9 Å². The lowest BCUT2D eigenvalue weighted by Crippen LogP contribution is -2.14. The van der Waals surface area contributed by atoms with Gasteiger partial charge in [-0.25, -0.2) is 4.98 Å². The summed E-state index contributed by atoms with van der Waals surface area (Å²) in [4.78, 5) is 19.0. The lowest BCUT2D eigenvalue weighted by molar-refractivity contribution is -0.115. The van der Waals surface area contributed by atoms with Gasteiger partial charge in [0, 0.05) is 5.69 Å². The Bertz CT molecular complexity index is 823. The maximum absolute atomic E-state index is 12.1. The number of amides is 1. The minimum atomic E-state index is -0.0923. The monoisotopic (exact) mass is 322 g/mol. The minimum Gasteiger partial charge on any atom is -0.392 e. The molecule has 0 atom stereocenters. The summed E-state index contributed by atoms with van der Waals surface area (Å²) in [5.74, 6) is 0.278. The molecule has 3 rings (SSSR count). The highest BCUT2D eigenvalue weighted by Crippen LogP contribution is 2.20. The summed E-state index contributed by atoms with van der Waals surface area (Å²) in [5, 5.41) is 11.9. The van der Waals surface area contributed by atoms with Crippen LogP contribution in [0.3, 0.4) is 0 Å². The molecular weight excluding hydrogens is 304 g/mol. The smallest absolute Gasteiger partial charge is 0.228 e. The number of nitrogens with two attached hydrogens (primary N) is 1. The number of hydrogen-bond donors (Lipinski definition) is 4. The second-order valence-electron chi connectivity index (χ2n) is 5.46. The summed E-state index contributed by atoms with van der Waals surface area (Å²) < 4.78 is 0. The van der Waals surface area contributed by atoms with Gasteiger partial charge in [-0.3, -0.25) is 4.79 Å². The first kappa shape index (κ1) is 15.8. The van der Waals surface area contributed by atoms with Crippen LogP contribution in [0, 0.1) is 0 Å². The molecule has 0 aliphatic rings. The molecule has 0 radical (unpaired) electrons.